The summed E-state index contributed by atoms with van der Waals surface area (Å²) in [5.74, 6) is 0.419. The first-order chi connectivity index (χ1) is 16.7. The molecule has 0 atom stereocenters. The van der Waals surface area contributed by atoms with Gasteiger partial charge in [0.15, 0.2) is 0 Å². The Kier molecular flexibility index (Phi) is 6.45. The van der Waals surface area contributed by atoms with Gasteiger partial charge < -0.3 is 4.74 Å². The van der Waals surface area contributed by atoms with Gasteiger partial charge in [-0.1, -0.05) is 84.9 Å². The minimum atomic E-state index is -0.254. The quantitative estimate of drug-likeness (QED) is 0.285. The van der Waals surface area contributed by atoms with Crippen LogP contribution in [-0.2, 0) is 17.8 Å². The number of nitrogens with zero attached hydrogens (tertiary/aromatic N) is 1. The Morgan fingerprint density at radius 1 is 0.765 bits per heavy atom. The third kappa shape index (κ3) is 4.90. The lowest BCUT2D eigenvalue weighted by molar-refractivity contribution is -0.122. The Morgan fingerprint density at radius 2 is 1.50 bits per heavy atom. The van der Waals surface area contributed by atoms with Gasteiger partial charge in [-0.05, 0) is 58.3 Å². The van der Waals surface area contributed by atoms with E-state index in [4.69, 9.17) is 4.74 Å². The van der Waals surface area contributed by atoms with E-state index in [0.29, 0.717) is 30.2 Å². The number of rotatable bonds is 7. The molecule has 5 rings (SSSR count). The molecule has 4 nitrogen and oxygen atoms in total. The Hall–Kier alpha value is -3.83. The largest absolute Gasteiger partial charge is 0.488 e. The van der Waals surface area contributed by atoms with Crippen LogP contribution in [0.25, 0.3) is 16.8 Å². The number of ether oxygens (including phenoxy) is 1. The molecule has 2 amide bonds. The first kappa shape index (κ1) is 22.0. The number of hydrogen-bond acceptors (Lipinski definition) is 4. The summed E-state index contributed by atoms with van der Waals surface area (Å²) in [7, 11) is 0. The summed E-state index contributed by atoms with van der Waals surface area (Å²) in [6, 6.07) is 31.9. The molecule has 168 valence electrons. The third-order valence-electron chi connectivity index (χ3n) is 5.75. The molecule has 4 aromatic carbocycles. The van der Waals surface area contributed by atoms with Crippen molar-refractivity contribution in [2.45, 2.75) is 13.0 Å². The summed E-state index contributed by atoms with van der Waals surface area (Å²) in [4.78, 5) is 27.2. The van der Waals surface area contributed by atoms with Crippen molar-refractivity contribution < 1.29 is 14.3 Å². The van der Waals surface area contributed by atoms with Crippen molar-refractivity contribution in [2.24, 2.45) is 0 Å². The van der Waals surface area contributed by atoms with E-state index in [2.05, 4.69) is 30.3 Å². The van der Waals surface area contributed by atoms with E-state index in [1.165, 1.54) is 15.7 Å². The van der Waals surface area contributed by atoms with Gasteiger partial charge in [-0.15, -0.1) is 0 Å². The number of hydrogen-bond donors (Lipinski definition) is 0. The monoisotopic (exact) mass is 465 g/mol. The second-order valence-corrected chi connectivity index (χ2v) is 9.07. The first-order valence-electron chi connectivity index (χ1n) is 11.2. The predicted molar refractivity (Wildman–Crippen MR) is 138 cm³/mol. The maximum atomic E-state index is 12.9. The molecule has 0 aliphatic carbocycles. The fourth-order valence-electron chi connectivity index (χ4n) is 3.94. The van der Waals surface area contributed by atoms with Crippen LogP contribution in [0.3, 0.4) is 0 Å². The van der Waals surface area contributed by atoms with E-state index in [1.54, 1.807) is 6.08 Å². The summed E-state index contributed by atoms with van der Waals surface area (Å²) in [5.41, 5.74) is 2.93. The molecule has 0 saturated carbocycles. The summed E-state index contributed by atoms with van der Waals surface area (Å²) in [6.45, 7) is 0.778. The van der Waals surface area contributed by atoms with E-state index < -0.39 is 0 Å². The van der Waals surface area contributed by atoms with Crippen molar-refractivity contribution >= 4 is 39.8 Å². The highest BCUT2D eigenvalue weighted by molar-refractivity contribution is 8.18. The zero-order valence-electron chi connectivity index (χ0n) is 18.5. The average molecular weight is 466 g/mol. The SMILES string of the molecule is O=C1S/C(=C\c2ccccc2OCc2ccc3ccccc3c2)C(=O)N1CCc1ccccc1. The third-order valence-corrected chi connectivity index (χ3v) is 6.66. The van der Waals surface area contributed by atoms with Crippen LogP contribution >= 0.6 is 11.8 Å². The number of imide groups is 1. The molecular weight excluding hydrogens is 442 g/mol. The van der Waals surface area contributed by atoms with E-state index in [9.17, 15) is 9.59 Å². The summed E-state index contributed by atoms with van der Waals surface area (Å²) in [6.07, 6.45) is 2.39. The van der Waals surface area contributed by atoms with Gasteiger partial charge in [0.2, 0.25) is 0 Å². The van der Waals surface area contributed by atoms with Gasteiger partial charge in [0, 0.05) is 12.1 Å². The van der Waals surface area contributed by atoms with Crippen LogP contribution in [0.5, 0.6) is 5.75 Å². The van der Waals surface area contributed by atoms with Crippen LogP contribution in [0.4, 0.5) is 4.79 Å². The first-order valence-corrected chi connectivity index (χ1v) is 12.0. The van der Waals surface area contributed by atoms with Gasteiger partial charge in [0.25, 0.3) is 11.1 Å². The van der Waals surface area contributed by atoms with Gasteiger partial charge in [-0.3, -0.25) is 14.5 Å². The lowest BCUT2D eigenvalue weighted by Gasteiger charge is -2.12. The summed E-state index contributed by atoms with van der Waals surface area (Å²) in [5, 5.41) is 2.12. The smallest absolute Gasteiger partial charge is 0.293 e. The van der Waals surface area contributed by atoms with Crippen molar-refractivity contribution in [1.29, 1.82) is 0 Å². The molecule has 1 aliphatic rings. The average Bonchev–Trinajstić information content (AvgIpc) is 3.14. The molecule has 0 bridgehead atoms. The van der Waals surface area contributed by atoms with Gasteiger partial charge in [0.1, 0.15) is 12.4 Å². The number of carbonyl (C=O) groups is 2. The fraction of sp³-hybridized carbons (Fsp3) is 0.103. The molecule has 1 saturated heterocycles. The number of carbonyl (C=O) groups excluding carboxylic acids is 2. The Labute approximate surface area is 202 Å². The van der Waals surface area contributed by atoms with Crippen molar-refractivity contribution in [2.75, 3.05) is 6.54 Å². The predicted octanol–water partition coefficient (Wildman–Crippen LogP) is 6.70. The lowest BCUT2D eigenvalue weighted by atomic mass is 10.1. The van der Waals surface area contributed by atoms with Crippen LogP contribution in [0, 0.1) is 0 Å². The van der Waals surface area contributed by atoms with E-state index in [1.807, 2.05) is 66.7 Å². The highest BCUT2D eigenvalue weighted by atomic mass is 32.2. The molecule has 0 aromatic heterocycles. The maximum absolute atomic E-state index is 12.9. The van der Waals surface area contributed by atoms with Crippen LogP contribution in [0.1, 0.15) is 16.7 Å². The van der Waals surface area contributed by atoms with Crippen LogP contribution in [0.15, 0.2) is 102 Å². The number of amides is 2. The summed E-state index contributed by atoms with van der Waals surface area (Å²) < 4.78 is 6.11. The molecule has 0 unspecified atom stereocenters. The molecule has 34 heavy (non-hydrogen) atoms. The summed E-state index contributed by atoms with van der Waals surface area (Å²) >= 11 is 0.979. The normalized spacial score (nSPS) is 14.8. The van der Waals surface area contributed by atoms with Gasteiger partial charge in [-0.2, -0.15) is 0 Å². The van der Waals surface area contributed by atoms with E-state index in [0.717, 1.165) is 28.5 Å². The second kappa shape index (κ2) is 9.98. The van der Waals surface area contributed by atoms with Gasteiger partial charge in [-0.25, -0.2) is 0 Å². The minimum absolute atomic E-state index is 0.234. The lowest BCUT2D eigenvalue weighted by Crippen LogP contribution is -2.30. The van der Waals surface area contributed by atoms with E-state index in [-0.39, 0.29) is 11.1 Å². The number of fused-ring (bicyclic) bond motifs is 1. The molecule has 0 spiro atoms. The molecule has 4 aromatic rings. The highest BCUT2D eigenvalue weighted by Gasteiger charge is 2.34. The Bertz CT molecular complexity index is 1380. The molecule has 1 fully saturated rings. The van der Waals surface area contributed by atoms with Gasteiger partial charge >= 0.3 is 0 Å². The molecule has 5 heteroatoms. The molecule has 0 N–H and O–H groups in total. The van der Waals surface area contributed by atoms with Crippen LogP contribution in [-0.4, -0.2) is 22.6 Å². The number of benzene rings is 4. The zero-order valence-corrected chi connectivity index (χ0v) is 19.3. The molecule has 1 aliphatic heterocycles. The van der Waals surface area contributed by atoms with Crippen LogP contribution in [0.2, 0.25) is 0 Å². The van der Waals surface area contributed by atoms with Gasteiger partial charge in [0.05, 0.1) is 4.91 Å². The zero-order chi connectivity index (χ0) is 23.3. The molecule has 1 heterocycles. The van der Waals surface area contributed by atoms with Crippen molar-refractivity contribution in [3.05, 3.63) is 119 Å². The van der Waals surface area contributed by atoms with Crippen molar-refractivity contribution in [1.82, 2.24) is 4.90 Å². The Morgan fingerprint density at radius 3 is 2.35 bits per heavy atom. The fourth-order valence-corrected chi connectivity index (χ4v) is 4.80. The Balaban J connectivity index is 1.30. The number of thioether (sulfide) groups is 1. The molecular formula is C29H23NO3S. The van der Waals surface area contributed by atoms with E-state index >= 15 is 0 Å². The number of para-hydroxylation sites is 1. The minimum Gasteiger partial charge on any atom is -0.488 e. The van der Waals surface area contributed by atoms with Crippen LogP contribution < -0.4 is 4.74 Å². The topological polar surface area (TPSA) is 46.6 Å². The second-order valence-electron chi connectivity index (χ2n) is 8.08. The highest BCUT2D eigenvalue weighted by Crippen LogP contribution is 2.34. The van der Waals surface area contributed by atoms with Crippen molar-refractivity contribution in [3.8, 4) is 5.75 Å². The van der Waals surface area contributed by atoms with Crippen molar-refractivity contribution in [3.63, 3.8) is 0 Å². The maximum Gasteiger partial charge on any atom is 0.293 e. The molecule has 0 radical (unpaired) electrons. The standard InChI is InChI=1S/C29H23NO3S/c31-28-27(34-29(32)30(28)17-16-21-8-2-1-3-9-21)19-25-12-6-7-13-26(25)33-20-22-14-15-23-10-4-5-11-24(23)18-22/h1-15,18-19H,16-17,20H2/b27-19-.